The van der Waals surface area contributed by atoms with Crippen molar-refractivity contribution in [3.8, 4) is 17.2 Å². The average molecular weight is 306 g/mol. The topological polar surface area (TPSA) is 74.0 Å². The Morgan fingerprint density at radius 2 is 2.05 bits per heavy atom. The maximum atomic E-state index is 12.1. The van der Waals surface area contributed by atoms with Crippen LogP contribution < -0.4 is 19.9 Å². The van der Waals surface area contributed by atoms with Crippen LogP contribution in [-0.4, -0.2) is 43.3 Å². The van der Waals surface area contributed by atoms with Crippen LogP contribution in [0.15, 0.2) is 18.2 Å². The smallest absolute Gasteiger partial charge is 0.231 e. The van der Waals surface area contributed by atoms with Crippen LogP contribution in [0.1, 0.15) is 25.7 Å². The van der Waals surface area contributed by atoms with Gasteiger partial charge in [0.2, 0.25) is 12.7 Å². The SMILES string of the molecule is NC1CCN(C(=O)CCCOc2ccc3c(c2)OCO3)CC1. The van der Waals surface area contributed by atoms with Gasteiger partial charge in [-0.1, -0.05) is 0 Å². The minimum atomic E-state index is 0.196. The molecule has 0 saturated carbocycles. The molecule has 0 radical (unpaired) electrons. The van der Waals surface area contributed by atoms with Crippen molar-refractivity contribution in [2.75, 3.05) is 26.5 Å². The third-order valence-electron chi connectivity index (χ3n) is 4.04. The van der Waals surface area contributed by atoms with E-state index in [1.54, 1.807) is 0 Å². The van der Waals surface area contributed by atoms with Gasteiger partial charge in [-0.25, -0.2) is 0 Å². The number of benzene rings is 1. The molecule has 2 aliphatic rings. The molecule has 1 aromatic rings. The molecule has 3 rings (SSSR count). The predicted octanol–water partition coefficient (Wildman–Crippen LogP) is 1.52. The Balaban J connectivity index is 1.37. The van der Waals surface area contributed by atoms with Gasteiger partial charge in [0.05, 0.1) is 6.61 Å². The molecule has 6 nitrogen and oxygen atoms in total. The van der Waals surface area contributed by atoms with Crippen molar-refractivity contribution in [1.82, 2.24) is 4.90 Å². The van der Waals surface area contributed by atoms with E-state index in [-0.39, 0.29) is 18.7 Å². The molecule has 22 heavy (non-hydrogen) atoms. The standard InChI is InChI=1S/C16H22N2O4/c17-12-5-7-18(8-6-12)16(19)2-1-9-20-13-3-4-14-15(10-13)22-11-21-14/h3-4,10,12H,1-2,5-9,11,17H2. The lowest BCUT2D eigenvalue weighted by atomic mass is 10.1. The molecule has 0 aliphatic carbocycles. The molecule has 0 atom stereocenters. The third-order valence-corrected chi connectivity index (χ3v) is 4.04. The van der Waals surface area contributed by atoms with Crippen LogP contribution in [0, 0.1) is 0 Å². The third kappa shape index (κ3) is 3.62. The van der Waals surface area contributed by atoms with Gasteiger partial charge in [0, 0.05) is 31.6 Å². The minimum absolute atomic E-state index is 0.196. The van der Waals surface area contributed by atoms with Crippen molar-refractivity contribution in [3.63, 3.8) is 0 Å². The van der Waals surface area contributed by atoms with E-state index in [4.69, 9.17) is 19.9 Å². The summed E-state index contributed by atoms with van der Waals surface area (Å²) in [6.07, 6.45) is 3.02. The Morgan fingerprint density at radius 3 is 2.86 bits per heavy atom. The fourth-order valence-corrected chi connectivity index (χ4v) is 2.69. The van der Waals surface area contributed by atoms with E-state index in [1.807, 2.05) is 23.1 Å². The molecule has 2 heterocycles. The van der Waals surface area contributed by atoms with Crippen LogP contribution in [0.25, 0.3) is 0 Å². The number of nitrogens with zero attached hydrogens (tertiary/aromatic N) is 1. The minimum Gasteiger partial charge on any atom is -0.493 e. The number of hydrogen-bond donors (Lipinski definition) is 1. The highest BCUT2D eigenvalue weighted by Gasteiger charge is 2.20. The number of rotatable bonds is 5. The van der Waals surface area contributed by atoms with Crippen molar-refractivity contribution >= 4 is 5.91 Å². The van der Waals surface area contributed by atoms with Gasteiger partial charge in [-0.2, -0.15) is 0 Å². The number of carbonyl (C=O) groups excluding carboxylic acids is 1. The van der Waals surface area contributed by atoms with Gasteiger partial charge < -0.3 is 24.8 Å². The van der Waals surface area contributed by atoms with Crippen molar-refractivity contribution in [2.24, 2.45) is 5.73 Å². The molecular formula is C16H22N2O4. The monoisotopic (exact) mass is 306 g/mol. The van der Waals surface area contributed by atoms with Gasteiger partial charge in [-0.05, 0) is 31.4 Å². The molecule has 0 unspecified atom stereocenters. The predicted molar refractivity (Wildman–Crippen MR) is 81.1 cm³/mol. The van der Waals surface area contributed by atoms with E-state index in [1.165, 1.54) is 0 Å². The molecule has 2 N–H and O–H groups in total. The fraction of sp³-hybridized carbons (Fsp3) is 0.562. The van der Waals surface area contributed by atoms with Crippen molar-refractivity contribution in [3.05, 3.63) is 18.2 Å². The van der Waals surface area contributed by atoms with Crippen LogP contribution in [0.3, 0.4) is 0 Å². The maximum absolute atomic E-state index is 12.1. The summed E-state index contributed by atoms with van der Waals surface area (Å²) in [5, 5.41) is 0. The van der Waals surface area contributed by atoms with Crippen LogP contribution in [0.2, 0.25) is 0 Å². The molecule has 0 bridgehead atoms. The molecule has 0 aromatic heterocycles. The Hall–Kier alpha value is -1.95. The summed E-state index contributed by atoms with van der Waals surface area (Å²) >= 11 is 0. The number of nitrogens with two attached hydrogens (primary N) is 1. The molecule has 0 spiro atoms. The molecule has 1 fully saturated rings. The highest BCUT2D eigenvalue weighted by atomic mass is 16.7. The summed E-state index contributed by atoms with van der Waals surface area (Å²) in [6.45, 7) is 2.33. The fourth-order valence-electron chi connectivity index (χ4n) is 2.69. The second-order valence-electron chi connectivity index (χ2n) is 5.69. The Kier molecular flexibility index (Phi) is 4.68. The van der Waals surface area contributed by atoms with Gasteiger partial charge in [-0.3, -0.25) is 4.79 Å². The molecule has 1 saturated heterocycles. The summed E-state index contributed by atoms with van der Waals surface area (Å²) in [4.78, 5) is 14.0. The first-order valence-electron chi connectivity index (χ1n) is 7.78. The van der Waals surface area contributed by atoms with E-state index in [2.05, 4.69) is 0 Å². The highest BCUT2D eigenvalue weighted by Crippen LogP contribution is 2.35. The van der Waals surface area contributed by atoms with E-state index in [0.717, 1.165) is 37.4 Å². The largest absolute Gasteiger partial charge is 0.493 e. The van der Waals surface area contributed by atoms with E-state index >= 15 is 0 Å². The second-order valence-corrected chi connectivity index (χ2v) is 5.69. The lowest BCUT2D eigenvalue weighted by Gasteiger charge is -2.30. The lowest BCUT2D eigenvalue weighted by Crippen LogP contribution is -2.42. The van der Waals surface area contributed by atoms with Crippen LogP contribution in [-0.2, 0) is 4.79 Å². The lowest BCUT2D eigenvalue weighted by molar-refractivity contribution is -0.132. The number of amides is 1. The Labute approximate surface area is 130 Å². The van der Waals surface area contributed by atoms with E-state index < -0.39 is 0 Å². The molecule has 1 aromatic carbocycles. The molecule has 6 heteroatoms. The first-order valence-corrected chi connectivity index (χ1v) is 7.78. The quantitative estimate of drug-likeness (QED) is 0.835. The zero-order chi connectivity index (χ0) is 15.4. The average Bonchev–Trinajstić information content (AvgIpc) is 2.99. The number of fused-ring (bicyclic) bond motifs is 1. The normalized spacial score (nSPS) is 17.6. The number of hydrogen-bond acceptors (Lipinski definition) is 5. The van der Waals surface area contributed by atoms with Gasteiger partial charge in [-0.15, -0.1) is 0 Å². The number of ether oxygens (including phenoxy) is 3. The molecule has 1 amide bonds. The van der Waals surface area contributed by atoms with Crippen LogP contribution in [0.5, 0.6) is 17.2 Å². The van der Waals surface area contributed by atoms with Crippen LogP contribution in [0.4, 0.5) is 0 Å². The van der Waals surface area contributed by atoms with Gasteiger partial charge in [0.25, 0.3) is 0 Å². The van der Waals surface area contributed by atoms with E-state index in [0.29, 0.717) is 25.2 Å². The number of likely N-dealkylation sites (tertiary alicyclic amines) is 1. The first-order chi connectivity index (χ1) is 10.7. The number of carbonyl (C=O) groups is 1. The second kappa shape index (κ2) is 6.87. The van der Waals surface area contributed by atoms with Crippen molar-refractivity contribution in [1.29, 1.82) is 0 Å². The van der Waals surface area contributed by atoms with Crippen LogP contribution >= 0.6 is 0 Å². The maximum Gasteiger partial charge on any atom is 0.231 e. The van der Waals surface area contributed by atoms with E-state index in [9.17, 15) is 4.79 Å². The molecule has 2 aliphatic heterocycles. The zero-order valence-electron chi connectivity index (χ0n) is 12.6. The van der Waals surface area contributed by atoms with Gasteiger partial charge in [0.15, 0.2) is 11.5 Å². The van der Waals surface area contributed by atoms with Gasteiger partial charge >= 0.3 is 0 Å². The number of piperidine rings is 1. The van der Waals surface area contributed by atoms with Crippen molar-refractivity contribution < 1.29 is 19.0 Å². The summed E-state index contributed by atoms with van der Waals surface area (Å²) in [7, 11) is 0. The summed E-state index contributed by atoms with van der Waals surface area (Å²) in [5.74, 6) is 2.38. The first kappa shape index (κ1) is 15.0. The Bertz CT molecular complexity index is 527. The zero-order valence-corrected chi connectivity index (χ0v) is 12.6. The Morgan fingerprint density at radius 1 is 1.27 bits per heavy atom. The van der Waals surface area contributed by atoms with Crippen molar-refractivity contribution in [2.45, 2.75) is 31.7 Å². The summed E-state index contributed by atoms with van der Waals surface area (Å²) in [5.41, 5.74) is 5.84. The highest BCUT2D eigenvalue weighted by molar-refractivity contribution is 5.76. The van der Waals surface area contributed by atoms with Gasteiger partial charge in [0.1, 0.15) is 5.75 Å². The summed E-state index contributed by atoms with van der Waals surface area (Å²) in [6, 6.07) is 5.75. The summed E-state index contributed by atoms with van der Waals surface area (Å²) < 4.78 is 16.2. The molecule has 120 valence electrons. The molecular weight excluding hydrogens is 284 g/mol.